The fourth-order valence-electron chi connectivity index (χ4n) is 1.03. The number of hydrogen-bond acceptors (Lipinski definition) is 2. The van der Waals surface area contributed by atoms with Gasteiger partial charge in [0, 0.05) is 11.6 Å². The Balaban J connectivity index is 2.95. The maximum absolute atomic E-state index is 13.0. The van der Waals surface area contributed by atoms with Crippen LogP contribution in [0.2, 0.25) is 0 Å². The van der Waals surface area contributed by atoms with Crippen molar-refractivity contribution in [3.05, 3.63) is 35.4 Å². The lowest BCUT2D eigenvalue weighted by atomic mass is 10.0. The summed E-state index contributed by atoms with van der Waals surface area (Å²) in [7, 11) is 0. The summed E-state index contributed by atoms with van der Waals surface area (Å²) in [6, 6.07) is 2.72. The van der Waals surface area contributed by atoms with E-state index in [9.17, 15) is 13.9 Å². The predicted octanol–water partition coefficient (Wildman–Crippen LogP) is 1.60. The summed E-state index contributed by atoms with van der Waals surface area (Å²) in [5.41, 5.74) is -0.167. The second-order valence-electron chi connectivity index (χ2n) is 2.83. The molecule has 0 saturated heterocycles. The summed E-state index contributed by atoms with van der Waals surface area (Å²) in [6.07, 6.45) is -2.70. The monoisotopic (exact) mass is 222 g/mol. The molecule has 0 aliphatic rings. The Labute approximate surface area is 84.7 Å². The molecule has 5 heteroatoms. The molecule has 1 aromatic rings. The molecule has 2 atom stereocenters. The normalized spacial score (nSPS) is 15.2. The lowest BCUT2D eigenvalue weighted by molar-refractivity contribution is 0.0304. The van der Waals surface area contributed by atoms with Crippen LogP contribution in [0.1, 0.15) is 11.7 Å². The molecular formula is C9H9ClF2O2. The van der Waals surface area contributed by atoms with Crippen molar-refractivity contribution in [1.29, 1.82) is 0 Å². The Morgan fingerprint density at radius 2 is 1.93 bits per heavy atom. The minimum Gasteiger partial charge on any atom is -0.389 e. The van der Waals surface area contributed by atoms with Gasteiger partial charge in [0.1, 0.15) is 17.7 Å². The Morgan fingerprint density at radius 3 is 2.43 bits per heavy atom. The van der Waals surface area contributed by atoms with E-state index in [2.05, 4.69) is 0 Å². The average Bonchev–Trinajstić information content (AvgIpc) is 2.15. The first-order chi connectivity index (χ1) is 6.56. The van der Waals surface area contributed by atoms with Crippen molar-refractivity contribution in [2.24, 2.45) is 0 Å². The molecule has 0 aliphatic carbocycles. The molecule has 0 bridgehead atoms. The molecule has 1 rings (SSSR count). The van der Waals surface area contributed by atoms with Gasteiger partial charge in [-0.2, -0.15) is 0 Å². The minimum atomic E-state index is -1.44. The minimum absolute atomic E-state index is 0.167. The molecule has 1 aromatic carbocycles. The molecule has 2 nitrogen and oxygen atoms in total. The fraction of sp³-hybridized carbons (Fsp3) is 0.333. The quantitative estimate of drug-likeness (QED) is 0.763. The molecule has 0 radical (unpaired) electrons. The van der Waals surface area contributed by atoms with Gasteiger partial charge in [-0.25, -0.2) is 8.78 Å². The van der Waals surface area contributed by atoms with Crippen LogP contribution in [-0.2, 0) is 0 Å². The first-order valence-electron chi connectivity index (χ1n) is 3.93. The molecule has 0 amide bonds. The van der Waals surface area contributed by atoms with Gasteiger partial charge >= 0.3 is 0 Å². The van der Waals surface area contributed by atoms with E-state index >= 15 is 0 Å². The predicted molar refractivity (Wildman–Crippen MR) is 48.0 cm³/mol. The van der Waals surface area contributed by atoms with Crippen LogP contribution in [0.5, 0.6) is 0 Å². The molecule has 14 heavy (non-hydrogen) atoms. The summed E-state index contributed by atoms with van der Waals surface area (Å²) < 4.78 is 25.5. The second kappa shape index (κ2) is 4.68. The van der Waals surface area contributed by atoms with Crippen LogP contribution in [0.15, 0.2) is 18.2 Å². The Hall–Kier alpha value is -0.710. The number of rotatable bonds is 3. The molecular weight excluding hydrogens is 214 g/mol. The van der Waals surface area contributed by atoms with E-state index in [0.717, 1.165) is 12.1 Å². The zero-order valence-electron chi connectivity index (χ0n) is 7.12. The fourth-order valence-corrected chi connectivity index (χ4v) is 1.20. The van der Waals surface area contributed by atoms with Crippen LogP contribution in [0.4, 0.5) is 8.78 Å². The van der Waals surface area contributed by atoms with Gasteiger partial charge in [-0.1, -0.05) is 6.07 Å². The number of alkyl halides is 1. The topological polar surface area (TPSA) is 40.5 Å². The van der Waals surface area contributed by atoms with Gasteiger partial charge in [0.2, 0.25) is 0 Å². The average molecular weight is 223 g/mol. The molecule has 78 valence electrons. The summed E-state index contributed by atoms with van der Waals surface area (Å²) in [4.78, 5) is 0. The van der Waals surface area contributed by atoms with E-state index in [4.69, 9.17) is 16.7 Å². The van der Waals surface area contributed by atoms with E-state index in [1.807, 2.05) is 0 Å². The van der Waals surface area contributed by atoms with Crippen LogP contribution < -0.4 is 0 Å². The number of benzene rings is 1. The molecule has 2 unspecified atom stereocenters. The van der Waals surface area contributed by atoms with Crippen LogP contribution in [0.3, 0.4) is 0 Å². The summed E-state index contributed by atoms with van der Waals surface area (Å²) in [5.74, 6) is -1.86. The molecule has 2 N–H and O–H groups in total. The maximum atomic E-state index is 13.0. The smallest absolute Gasteiger partial charge is 0.132 e. The highest BCUT2D eigenvalue weighted by molar-refractivity contribution is 6.18. The van der Waals surface area contributed by atoms with Crippen molar-refractivity contribution in [2.75, 3.05) is 5.88 Å². The van der Waals surface area contributed by atoms with Crippen molar-refractivity contribution < 1.29 is 19.0 Å². The van der Waals surface area contributed by atoms with Gasteiger partial charge in [0.05, 0.1) is 12.0 Å². The van der Waals surface area contributed by atoms with Crippen molar-refractivity contribution in [3.8, 4) is 0 Å². The SMILES string of the molecule is OC(CCl)C(O)c1ccc(F)cc1F. The molecule has 0 saturated carbocycles. The number of halogens is 3. The Bertz CT molecular complexity index is 320. The van der Waals surface area contributed by atoms with E-state index < -0.39 is 23.8 Å². The van der Waals surface area contributed by atoms with E-state index in [0.29, 0.717) is 6.07 Å². The van der Waals surface area contributed by atoms with Gasteiger partial charge < -0.3 is 10.2 Å². The third kappa shape index (κ3) is 2.41. The zero-order chi connectivity index (χ0) is 10.7. The summed E-state index contributed by atoms with van der Waals surface area (Å²) in [6.45, 7) is 0. The van der Waals surface area contributed by atoms with E-state index in [-0.39, 0.29) is 11.4 Å². The lowest BCUT2D eigenvalue weighted by Gasteiger charge is -2.16. The van der Waals surface area contributed by atoms with Gasteiger partial charge in [0.25, 0.3) is 0 Å². The highest BCUT2D eigenvalue weighted by Gasteiger charge is 2.20. The summed E-state index contributed by atoms with van der Waals surface area (Å²) >= 11 is 5.27. The van der Waals surface area contributed by atoms with Crippen LogP contribution in [-0.4, -0.2) is 22.2 Å². The van der Waals surface area contributed by atoms with Crippen LogP contribution in [0, 0.1) is 11.6 Å². The van der Waals surface area contributed by atoms with Crippen molar-refractivity contribution >= 4 is 11.6 Å². The van der Waals surface area contributed by atoms with Crippen molar-refractivity contribution in [2.45, 2.75) is 12.2 Å². The van der Waals surface area contributed by atoms with E-state index in [1.165, 1.54) is 0 Å². The number of aliphatic hydroxyl groups is 2. The standard InChI is InChI=1S/C9H9ClF2O2/c10-4-8(13)9(14)6-2-1-5(11)3-7(6)12/h1-3,8-9,13-14H,4H2. The lowest BCUT2D eigenvalue weighted by Crippen LogP contribution is -2.20. The number of hydrogen-bond donors (Lipinski definition) is 2. The largest absolute Gasteiger partial charge is 0.389 e. The molecule has 0 fully saturated rings. The third-order valence-electron chi connectivity index (χ3n) is 1.80. The van der Waals surface area contributed by atoms with Crippen LogP contribution >= 0.6 is 11.6 Å². The highest BCUT2D eigenvalue weighted by Crippen LogP contribution is 2.21. The van der Waals surface area contributed by atoms with Crippen LogP contribution in [0.25, 0.3) is 0 Å². The van der Waals surface area contributed by atoms with Gasteiger partial charge in [-0.3, -0.25) is 0 Å². The molecule has 0 aliphatic heterocycles. The molecule has 0 spiro atoms. The molecule has 0 aromatic heterocycles. The number of aliphatic hydroxyl groups excluding tert-OH is 2. The third-order valence-corrected chi connectivity index (χ3v) is 2.12. The Kier molecular flexibility index (Phi) is 3.80. The molecule has 0 heterocycles. The second-order valence-corrected chi connectivity index (χ2v) is 3.14. The van der Waals surface area contributed by atoms with E-state index in [1.54, 1.807) is 0 Å². The van der Waals surface area contributed by atoms with Crippen molar-refractivity contribution in [3.63, 3.8) is 0 Å². The van der Waals surface area contributed by atoms with Gasteiger partial charge in [-0.05, 0) is 6.07 Å². The first kappa shape index (κ1) is 11.4. The maximum Gasteiger partial charge on any atom is 0.132 e. The van der Waals surface area contributed by atoms with Gasteiger partial charge in [-0.15, -0.1) is 11.6 Å². The van der Waals surface area contributed by atoms with Crippen molar-refractivity contribution in [1.82, 2.24) is 0 Å². The summed E-state index contributed by atoms with van der Waals surface area (Å²) in [5, 5.41) is 18.5. The van der Waals surface area contributed by atoms with Gasteiger partial charge in [0.15, 0.2) is 0 Å². The highest BCUT2D eigenvalue weighted by atomic mass is 35.5. The first-order valence-corrected chi connectivity index (χ1v) is 4.46. The zero-order valence-corrected chi connectivity index (χ0v) is 7.88. The Morgan fingerprint density at radius 1 is 1.29 bits per heavy atom.